The predicted molar refractivity (Wildman–Crippen MR) is 138 cm³/mol. The van der Waals surface area contributed by atoms with Crippen molar-refractivity contribution in [1.82, 2.24) is 0 Å². The van der Waals surface area contributed by atoms with Crippen LogP contribution in [0, 0.1) is 69.5 Å². The molecule has 0 unspecified atom stereocenters. The number of fused-ring (bicyclic) bond motifs is 5. The smallest absolute Gasteiger partial charge is 0.100 e. The fourth-order valence-corrected chi connectivity index (χ4v) is 10.5. The molecule has 182 valence electrons. The molecule has 2 heteroatoms. The summed E-state index contributed by atoms with van der Waals surface area (Å²) in [7, 11) is 0. The maximum Gasteiger partial charge on any atom is 0.100 e. The highest BCUT2D eigenvalue weighted by Gasteiger charge is 2.60. The first-order valence-corrected chi connectivity index (χ1v) is 14.5. The molecule has 0 aromatic heterocycles. The van der Waals surface area contributed by atoms with Gasteiger partial charge in [0.2, 0.25) is 0 Å². The normalized spacial score (nSPS) is 47.6. The van der Waals surface area contributed by atoms with Crippen molar-refractivity contribution in [3.8, 4) is 6.07 Å². The zero-order valence-electron chi connectivity index (χ0n) is 21.9. The molecule has 0 amide bonds. The van der Waals surface area contributed by atoms with E-state index in [1.807, 2.05) is 0 Å². The zero-order chi connectivity index (χ0) is 23.2. The van der Waals surface area contributed by atoms with E-state index in [1.165, 1.54) is 77.0 Å². The van der Waals surface area contributed by atoms with E-state index in [2.05, 4.69) is 44.8 Å². The van der Waals surface area contributed by atoms with Crippen molar-refractivity contribution in [2.24, 2.45) is 63.2 Å². The Morgan fingerprint density at radius 1 is 1.06 bits per heavy atom. The molecule has 1 heterocycles. The van der Waals surface area contributed by atoms with Gasteiger partial charge in [-0.05, 0) is 122 Å². The Hall–Kier alpha value is -1.10. The summed E-state index contributed by atoms with van der Waals surface area (Å²) in [5.41, 5.74) is 1.95. The van der Waals surface area contributed by atoms with E-state index in [4.69, 9.17) is 0 Å². The molecule has 1 aliphatic heterocycles. The van der Waals surface area contributed by atoms with Crippen LogP contribution in [0.5, 0.6) is 0 Å². The molecular formula is C31H48N2. The molecule has 0 N–H and O–H groups in total. The largest absolute Gasteiger partial charge is 0.291 e. The van der Waals surface area contributed by atoms with Gasteiger partial charge in [-0.15, -0.1) is 0 Å². The Labute approximate surface area is 203 Å². The second-order valence-corrected chi connectivity index (χ2v) is 13.5. The lowest BCUT2D eigenvalue weighted by molar-refractivity contribution is -0.121. The first-order valence-electron chi connectivity index (χ1n) is 14.5. The standard InChI is InChI=1S/C31H48N2/c1-5-6-22-11-13-30(3)25(17-22)7-8-26-28-10-9-27(31(28,4)14-12-29(26)30)21(2)15-23-16-24(18-32)20-33-19-23/h16,20-23,25-29H,5-15,17,19H2,1-4H3/t21-,22-,23+,25+,26-,27+,28-,29-,30-,31+/m0/s1. The summed E-state index contributed by atoms with van der Waals surface area (Å²) in [6.45, 7) is 11.2. The fraction of sp³-hybridized carbons (Fsp3) is 0.871. The molecule has 5 rings (SSSR count). The zero-order valence-corrected chi connectivity index (χ0v) is 21.9. The highest BCUT2D eigenvalue weighted by atomic mass is 14.7. The van der Waals surface area contributed by atoms with E-state index >= 15 is 0 Å². The third-order valence-electron chi connectivity index (χ3n) is 12.0. The van der Waals surface area contributed by atoms with Crippen LogP contribution in [0.3, 0.4) is 0 Å². The SMILES string of the molecule is CCC[C@H]1CC[C@@]2(C)[C@H](CC[C@@H]3[C@@H]2CC[C@]2(C)[C@@H]([C@@H](C)C[C@@H]4C=C(C#N)C=NC4)CC[C@@H]32)C1. The molecule has 0 radical (unpaired) electrons. The predicted octanol–water partition coefficient (Wildman–Crippen LogP) is 8.24. The van der Waals surface area contributed by atoms with Crippen LogP contribution in [0.2, 0.25) is 0 Å². The summed E-state index contributed by atoms with van der Waals surface area (Å²) in [6.07, 6.45) is 21.5. The Morgan fingerprint density at radius 2 is 1.85 bits per heavy atom. The molecule has 5 aliphatic rings. The molecule has 0 aromatic rings. The van der Waals surface area contributed by atoms with Crippen LogP contribution in [0.1, 0.15) is 105 Å². The number of hydrogen-bond donors (Lipinski definition) is 0. The third-order valence-corrected chi connectivity index (χ3v) is 12.0. The van der Waals surface area contributed by atoms with Crippen molar-refractivity contribution in [3.63, 3.8) is 0 Å². The number of nitrogens with zero attached hydrogens (tertiary/aromatic N) is 2. The van der Waals surface area contributed by atoms with Crippen LogP contribution in [0.25, 0.3) is 0 Å². The maximum atomic E-state index is 9.29. The van der Waals surface area contributed by atoms with Gasteiger partial charge in [-0.25, -0.2) is 0 Å². The summed E-state index contributed by atoms with van der Waals surface area (Å²) in [4.78, 5) is 4.49. The van der Waals surface area contributed by atoms with Crippen molar-refractivity contribution in [2.45, 2.75) is 105 Å². The molecule has 2 nitrogen and oxygen atoms in total. The second-order valence-electron chi connectivity index (χ2n) is 13.5. The van der Waals surface area contributed by atoms with Gasteiger partial charge in [-0.1, -0.05) is 46.6 Å². The van der Waals surface area contributed by atoms with E-state index in [0.717, 1.165) is 53.5 Å². The van der Waals surface area contributed by atoms with Crippen molar-refractivity contribution in [3.05, 3.63) is 11.6 Å². The molecule has 0 saturated heterocycles. The lowest BCUT2D eigenvalue weighted by atomic mass is 9.44. The lowest BCUT2D eigenvalue weighted by Crippen LogP contribution is -2.53. The summed E-state index contributed by atoms with van der Waals surface area (Å²) in [5, 5.41) is 9.29. The van der Waals surface area contributed by atoms with Crippen LogP contribution in [0.15, 0.2) is 16.6 Å². The number of allylic oxidation sites excluding steroid dienone is 1. The number of rotatable bonds is 5. The molecule has 4 fully saturated rings. The van der Waals surface area contributed by atoms with Gasteiger partial charge >= 0.3 is 0 Å². The van der Waals surface area contributed by atoms with E-state index in [9.17, 15) is 5.26 Å². The van der Waals surface area contributed by atoms with Gasteiger partial charge in [0, 0.05) is 12.8 Å². The van der Waals surface area contributed by atoms with Gasteiger partial charge in [0.15, 0.2) is 0 Å². The maximum absolute atomic E-state index is 9.29. The highest BCUT2D eigenvalue weighted by Crippen LogP contribution is 2.68. The summed E-state index contributed by atoms with van der Waals surface area (Å²) in [6, 6.07) is 2.31. The minimum Gasteiger partial charge on any atom is -0.291 e. The van der Waals surface area contributed by atoms with Gasteiger partial charge in [-0.3, -0.25) is 4.99 Å². The van der Waals surface area contributed by atoms with Gasteiger partial charge in [0.25, 0.3) is 0 Å². The number of nitriles is 1. The topological polar surface area (TPSA) is 36.1 Å². The fourth-order valence-electron chi connectivity index (χ4n) is 10.5. The first kappa shape index (κ1) is 23.6. The molecule has 0 bridgehead atoms. The molecule has 0 spiro atoms. The highest BCUT2D eigenvalue weighted by molar-refractivity contribution is 5.84. The van der Waals surface area contributed by atoms with Gasteiger partial charge in [0.05, 0.1) is 5.57 Å². The minimum atomic E-state index is 0.464. The average Bonchev–Trinajstić information content (AvgIpc) is 3.17. The molecule has 4 aliphatic carbocycles. The van der Waals surface area contributed by atoms with Crippen molar-refractivity contribution in [2.75, 3.05) is 6.54 Å². The van der Waals surface area contributed by atoms with Crippen LogP contribution < -0.4 is 0 Å². The second kappa shape index (κ2) is 9.17. The number of hydrogen-bond acceptors (Lipinski definition) is 2. The van der Waals surface area contributed by atoms with E-state index in [0.29, 0.717) is 16.7 Å². The van der Waals surface area contributed by atoms with Crippen molar-refractivity contribution >= 4 is 6.21 Å². The van der Waals surface area contributed by atoms with Gasteiger partial charge in [0.1, 0.15) is 6.07 Å². The van der Waals surface area contributed by atoms with Crippen LogP contribution >= 0.6 is 0 Å². The van der Waals surface area contributed by atoms with E-state index in [-0.39, 0.29) is 0 Å². The monoisotopic (exact) mass is 448 g/mol. The van der Waals surface area contributed by atoms with Crippen LogP contribution in [-0.2, 0) is 0 Å². The quantitative estimate of drug-likeness (QED) is 0.417. The molecule has 4 saturated carbocycles. The molecular weight excluding hydrogens is 400 g/mol. The summed E-state index contributed by atoms with van der Waals surface area (Å²) >= 11 is 0. The van der Waals surface area contributed by atoms with Gasteiger partial charge < -0.3 is 0 Å². The summed E-state index contributed by atoms with van der Waals surface area (Å²) in [5.74, 6) is 7.05. The molecule has 0 aromatic carbocycles. The molecule has 33 heavy (non-hydrogen) atoms. The summed E-state index contributed by atoms with van der Waals surface area (Å²) < 4.78 is 0. The lowest BCUT2D eigenvalue weighted by Gasteiger charge is -2.61. The Balaban J connectivity index is 1.28. The Morgan fingerprint density at radius 3 is 2.64 bits per heavy atom. The Bertz CT molecular complexity index is 819. The van der Waals surface area contributed by atoms with Crippen molar-refractivity contribution < 1.29 is 0 Å². The minimum absolute atomic E-state index is 0.464. The van der Waals surface area contributed by atoms with Crippen LogP contribution in [-0.4, -0.2) is 12.8 Å². The Kier molecular flexibility index (Phi) is 6.56. The van der Waals surface area contributed by atoms with Gasteiger partial charge in [-0.2, -0.15) is 5.26 Å². The first-order chi connectivity index (χ1) is 15.9. The average molecular weight is 449 g/mol. The number of aliphatic imine (C=N–C) groups is 1. The molecule has 10 atom stereocenters. The third kappa shape index (κ3) is 4.04. The van der Waals surface area contributed by atoms with Crippen molar-refractivity contribution in [1.29, 1.82) is 5.26 Å². The van der Waals surface area contributed by atoms with Crippen LogP contribution in [0.4, 0.5) is 0 Å². The van der Waals surface area contributed by atoms with E-state index < -0.39 is 0 Å². The number of dihydropyridines is 1. The van der Waals surface area contributed by atoms with E-state index in [1.54, 1.807) is 6.21 Å².